The second kappa shape index (κ2) is 5.71. The Morgan fingerprint density at radius 1 is 1.24 bits per heavy atom. The summed E-state index contributed by atoms with van der Waals surface area (Å²) in [6.07, 6.45) is -5.08. The van der Waals surface area contributed by atoms with E-state index in [9.17, 15) is 18.0 Å². The van der Waals surface area contributed by atoms with E-state index in [1.165, 1.54) is 13.8 Å². The predicted octanol–water partition coefficient (Wildman–Crippen LogP) is 2.63. The monoisotopic (exact) mass is 255 g/mol. The molecule has 3 nitrogen and oxygen atoms in total. The molecule has 1 atom stereocenters. The normalized spacial score (nSPS) is 14.9. The predicted molar refractivity (Wildman–Crippen MR) is 58.3 cm³/mol. The van der Waals surface area contributed by atoms with E-state index < -0.39 is 29.7 Å². The number of rotatable bonds is 5. The van der Waals surface area contributed by atoms with Gasteiger partial charge in [0.2, 0.25) is 0 Å². The first kappa shape index (κ1) is 16.2. The molecule has 0 radical (unpaired) electrons. The molecule has 0 saturated carbocycles. The second-order valence-electron chi connectivity index (χ2n) is 4.34. The van der Waals surface area contributed by atoms with Crippen molar-refractivity contribution in [3.05, 3.63) is 0 Å². The van der Waals surface area contributed by atoms with Crippen molar-refractivity contribution in [2.45, 2.75) is 58.9 Å². The van der Waals surface area contributed by atoms with Gasteiger partial charge in [-0.1, -0.05) is 13.8 Å². The summed E-state index contributed by atoms with van der Waals surface area (Å²) in [5.74, 6) is -0.873. The van der Waals surface area contributed by atoms with Crippen LogP contribution in [0, 0.1) is 5.41 Å². The van der Waals surface area contributed by atoms with E-state index in [1.807, 2.05) is 0 Å². The Kier molecular flexibility index (Phi) is 5.45. The molecular formula is C11H20F3NO2. The highest BCUT2D eigenvalue weighted by Crippen LogP contribution is 2.39. The average Bonchev–Trinajstić information content (AvgIpc) is 2.17. The van der Waals surface area contributed by atoms with Crippen molar-refractivity contribution in [3.8, 4) is 0 Å². The van der Waals surface area contributed by atoms with Crippen molar-refractivity contribution in [1.29, 1.82) is 0 Å². The zero-order chi connectivity index (χ0) is 13.9. The Morgan fingerprint density at radius 2 is 1.65 bits per heavy atom. The molecule has 0 aromatic rings. The average molecular weight is 255 g/mol. The molecule has 0 heterocycles. The summed E-state index contributed by atoms with van der Waals surface area (Å²) in [5.41, 5.74) is 3.51. The molecule has 0 saturated heterocycles. The number of esters is 1. The lowest BCUT2D eigenvalue weighted by Gasteiger charge is -2.36. The van der Waals surface area contributed by atoms with E-state index in [1.54, 1.807) is 13.8 Å². The highest BCUT2D eigenvalue weighted by Gasteiger charge is 2.54. The number of hydrogen-bond acceptors (Lipinski definition) is 3. The minimum absolute atomic E-state index is 0.00424. The molecule has 0 amide bonds. The van der Waals surface area contributed by atoms with Crippen molar-refractivity contribution in [3.63, 3.8) is 0 Å². The lowest BCUT2D eigenvalue weighted by molar-refractivity contribution is -0.196. The number of ether oxygens (including phenoxy) is 1. The number of alkyl halides is 3. The van der Waals surface area contributed by atoms with Gasteiger partial charge in [-0.05, 0) is 26.7 Å². The molecule has 0 rings (SSSR count). The van der Waals surface area contributed by atoms with Crippen LogP contribution in [0.2, 0.25) is 0 Å². The van der Waals surface area contributed by atoms with Gasteiger partial charge in [0.1, 0.15) is 6.04 Å². The van der Waals surface area contributed by atoms with Gasteiger partial charge in [0.25, 0.3) is 0 Å². The van der Waals surface area contributed by atoms with Crippen LogP contribution in [0.5, 0.6) is 0 Å². The van der Waals surface area contributed by atoms with E-state index in [2.05, 4.69) is 0 Å². The number of nitrogens with two attached hydrogens (primary N) is 1. The summed E-state index contributed by atoms with van der Waals surface area (Å²) in [4.78, 5) is 11.8. The molecule has 0 unspecified atom stereocenters. The summed E-state index contributed by atoms with van der Waals surface area (Å²) >= 11 is 0. The SMILES string of the molecule is CCC(CC)(C(=O)OC(C)C)[C@H](N)C(F)(F)F. The van der Waals surface area contributed by atoms with E-state index in [4.69, 9.17) is 10.5 Å². The Bertz CT molecular complexity index is 260. The standard InChI is InChI=1S/C11H20F3NO2/c1-5-10(6-2,8(15)11(12,13)14)9(16)17-7(3)4/h7-8H,5-6,15H2,1-4H3/t8-/m0/s1. The minimum atomic E-state index is -4.61. The van der Waals surface area contributed by atoms with Crippen LogP contribution < -0.4 is 5.73 Å². The Labute approximate surface area is 99.5 Å². The van der Waals surface area contributed by atoms with Gasteiger partial charge in [0.15, 0.2) is 0 Å². The van der Waals surface area contributed by atoms with Gasteiger partial charge < -0.3 is 10.5 Å². The smallest absolute Gasteiger partial charge is 0.404 e. The molecule has 2 N–H and O–H groups in total. The van der Waals surface area contributed by atoms with Crippen LogP contribution in [0.3, 0.4) is 0 Å². The summed E-state index contributed by atoms with van der Waals surface area (Å²) in [6, 6.07) is -2.20. The van der Waals surface area contributed by atoms with Gasteiger partial charge in [-0.15, -0.1) is 0 Å². The third kappa shape index (κ3) is 3.59. The van der Waals surface area contributed by atoms with Crippen LogP contribution in [-0.4, -0.2) is 24.3 Å². The maximum absolute atomic E-state index is 12.7. The number of carbonyl (C=O) groups is 1. The first-order valence-corrected chi connectivity index (χ1v) is 5.65. The number of hydrogen-bond donors (Lipinski definition) is 1. The molecule has 0 bridgehead atoms. The van der Waals surface area contributed by atoms with Crippen LogP contribution in [0.15, 0.2) is 0 Å². The minimum Gasteiger partial charge on any atom is -0.462 e. The van der Waals surface area contributed by atoms with Crippen LogP contribution in [-0.2, 0) is 9.53 Å². The fourth-order valence-electron chi connectivity index (χ4n) is 1.75. The summed E-state index contributed by atoms with van der Waals surface area (Å²) < 4.78 is 42.9. The summed E-state index contributed by atoms with van der Waals surface area (Å²) in [7, 11) is 0. The molecule has 17 heavy (non-hydrogen) atoms. The highest BCUT2D eigenvalue weighted by molar-refractivity contribution is 5.78. The largest absolute Gasteiger partial charge is 0.462 e. The Hall–Kier alpha value is -0.780. The first-order chi connectivity index (χ1) is 7.61. The van der Waals surface area contributed by atoms with Gasteiger partial charge in [-0.3, -0.25) is 4.79 Å². The van der Waals surface area contributed by atoms with Gasteiger partial charge in [-0.2, -0.15) is 13.2 Å². The zero-order valence-electron chi connectivity index (χ0n) is 10.6. The molecule has 0 spiro atoms. The molecule has 0 aromatic carbocycles. The third-order valence-electron chi connectivity index (χ3n) is 2.96. The van der Waals surface area contributed by atoms with Crippen molar-refractivity contribution in [2.24, 2.45) is 11.1 Å². The Balaban J connectivity index is 5.22. The molecule has 0 aliphatic heterocycles. The molecule has 0 aliphatic carbocycles. The van der Waals surface area contributed by atoms with Crippen LogP contribution in [0.4, 0.5) is 13.2 Å². The lowest BCUT2D eigenvalue weighted by atomic mass is 9.75. The van der Waals surface area contributed by atoms with Gasteiger partial charge in [-0.25, -0.2) is 0 Å². The van der Waals surface area contributed by atoms with Crippen LogP contribution >= 0.6 is 0 Å². The maximum Gasteiger partial charge on any atom is 0.404 e. The molecule has 102 valence electrons. The third-order valence-corrected chi connectivity index (χ3v) is 2.96. The lowest BCUT2D eigenvalue weighted by Crippen LogP contribution is -2.55. The summed E-state index contributed by atoms with van der Waals surface area (Å²) in [6.45, 7) is 6.20. The first-order valence-electron chi connectivity index (χ1n) is 5.65. The molecular weight excluding hydrogens is 235 g/mol. The fraction of sp³-hybridized carbons (Fsp3) is 0.909. The topological polar surface area (TPSA) is 52.3 Å². The van der Waals surface area contributed by atoms with E-state index >= 15 is 0 Å². The second-order valence-corrected chi connectivity index (χ2v) is 4.34. The van der Waals surface area contributed by atoms with E-state index in [0.29, 0.717) is 0 Å². The zero-order valence-corrected chi connectivity index (χ0v) is 10.6. The fourth-order valence-corrected chi connectivity index (χ4v) is 1.75. The van der Waals surface area contributed by atoms with E-state index in [0.717, 1.165) is 0 Å². The van der Waals surface area contributed by atoms with Crippen molar-refractivity contribution < 1.29 is 22.7 Å². The quantitative estimate of drug-likeness (QED) is 0.768. The van der Waals surface area contributed by atoms with Gasteiger partial charge in [0.05, 0.1) is 11.5 Å². The van der Waals surface area contributed by atoms with Crippen molar-refractivity contribution >= 4 is 5.97 Å². The number of halogens is 3. The van der Waals surface area contributed by atoms with Crippen molar-refractivity contribution in [2.75, 3.05) is 0 Å². The van der Waals surface area contributed by atoms with E-state index in [-0.39, 0.29) is 12.8 Å². The Morgan fingerprint density at radius 3 is 1.88 bits per heavy atom. The molecule has 0 aromatic heterocycles. The molecule has 6 heteroatoms. The number of carbonyl (C=O) groups excluding carboxylic acids is 1. The molecule has 0 fully saturated rings. The van der Waals surface area contributed by atoms with Gasteiger partial charge in [0, 0.05) is 0 Å². The summed E-state index contributed by atoms with van der Waals surface area (Å²) in [5, 5.41) is 0. The van der Waals surface area contributed by atoms with Gasteiger partial charge >= 0.3 is 12.1 Å². The van der Waals surface area contributed by atoms with Crippen molar-refractivity contribution in [1.82, 2.24) is 0 Å². The van der Waals surface area contributed by atoms with Crippen LogP contribution in [0.25, 0.3) is 0 Å². The highest BCUT2D eigenvalue weighted by atomic mass is 19.4. The van der Waals surface area contributed by atoms with Crippen LogP contribution in [0.1, 0.15) is 40.5 Å². The maximum atomic E-state index is 12.7. The molecule has 0 aliphatic rings.